The van der Waals surface area contributed by atoms with Gasteiger partial charge in [0.05, 0.1) is 19.3 Å². The number of rotatable bonds is 4. The van der Waals surface area contributed by atoms with Crippen LogP contribution in [0.5, 0.6) is 5.75 Å². The standard InChI is InChI=1S/C13H13NO3/c1-3-17-13(15)7-5-10-4-6-11(9-14)12(8-10)16-2/h4-8H,3H2,1-2H3. The van der Waals surface area contributed by atoms with Crippen molar-refractivity contribution in [3.05, 3.63) is 35.4 Å². The minimum Gasteiger partial charge on any atom is -0.495 e. The zero-order valence-electron chi connectivity index (χ0n) is 9.77. The summed E-state index contributed by atoms with van der Waals surface area (Å²) in [6.07, 6.45) is 2.95. The lowest BCUT2D eigenvalue weighted by Crippen LogP contribution is -1.98. The third-order valence-corrected chi connectivity index (χ3v) is 2.04. The number of ether oxygens (including phenoxy) is 2. The zero-order valence-corrected chi connectivity index (χ0v) is 9.77. The average Bonchev–Trinajstić information content (AvgIpc) is 2.36. The summed E-state index contributed by atoms with van der Waals surface area (Å²) in [5.41, 5.74) is 1.23. The van der Waals surface area contributed by atoms with E-state index in [0.717, 1.165) is 5.56 Å². The lowest BCUT2D eigenvalue weighted by atomic mass is 10.1. The van der Waals surface area contributed by atoms with Crippen LogP contribution in [0.2, 0.25) is 0 Å². The highest BCUT2D eigenvalue weighted by Gasteiger charge is 2.02. The average molecular weight is 231 g/mol. The third kappa shape index (κ3) is 3.65. The lowest BCUT2D eigenvalue weighted by molar-refractivity contribution is -0.137. The molecule has 0 bridgehead atoms. The van der Waals surface area contributed by atoms with Gasteiger partial charge in [0.25, 0.3) is 0 Å². The summed E-state index contributed by atoms with van der Waals surface area (Å²) >= 11 is 0. The van der Waals surface area contributed by atoms with Crippen LogP contribution in [0.3, 0.4) is 0 Å². The summed E-state index contributed by atoms with van der Waals surface area (Å²) in [6, 6.07) is 7.08. The molecule has 0 heterocycles. The Morgan fingerprint density at radius 1 is 1.53 bits per heavy atom. The number of hydrogen-bond donors (Lipinski definition) is 0. The number of carbonyl (C=O) groups excluding carboxylic acids is 1. The monoisotopic (exact) mass is 231 g/mol. The Hall–Kier alpha value is -2.28. The molecule has 1 aromatic carbocycles. The van der Waals surface area contributed by atoms with Crippen LogP contribution in [0.25, 0.3) is 6.08 Å². The van der Waals surface area contributed by atoms with Gasteiger partial charge in [-0.3, -0.25) is 0 Å². The van der Waals surface area contributed by atoms with E-state index in [1.54, 1.807) is 31.2 Å². The Morgan fingerprint density at radius 2 is 2.29 bits per heavy atom. The molecule has 0 unspecified atom stereocenters. The van der Waals surface area contributed by atoms with Crippen molar-refractivity contribution in [1.29, 1.82) is 5.26 Å². The molecule has 0 saturated carbocycles. The molecule has 1 rings (SSSR count). The topological polar surface area (TPSA) is 59.3 Å². The van der Waals surface area contributed by atoms with Crippen molar-refractivity contribution in [2.24, 2.45) is 0 Å². The molecule has 0 N–H and O–H groups in total. The molecule has 0 amide bonds. The molecular formula is C13H13NO3. The third-order valence-electron chi connectivity index (χ3n) is 2.04. The van der Waals surface area contributed by atoms with Crippen LogP contribution in [0.4, 0.5) is 0 Å². The Labute approximate surface area is 100 Å². The van der Waals surface area contributed by atoms with Gasteiger partial charge >= 0.3 is 5.97 Å². The van der Waals surface area contributed by atoms with Gasteiger partial charge < -0.3 is 9.47 Å². The lowest BCUT2D eigenvalue weighted by Gasteiger charge is -2.03. The van der Waals surface area contributed by atoms with Crippen LogP contribution < -0.4 is 4.74 Å². The van der Waals surface area contributed by atoms with E-state index in [2.05, 4.69) is 0 Å². The molecule has 0 radical (unpaired) electrons. The first-order chi connectivity index (χ1) is 8.21. The van der Waals surface area contributed by atoms with Crippen LogP contribution in [-0.2, 0) is 9.53 Å². The van der Waals surface area contributed by atoms with Crippen molar-refractivity contribution < 1.29 is 14.3 Å². The molecule has 0 aromatic heterocycles. The first kappa shape index (κ1) is 12.8. The Bertz CT molecular complexity index is 472. The summed E-state index contributed by atoms with van der Waals surface area (Å²) in [6.45, 7) is 2.09. The molecule has 0 aliphatic heterocycles. The van der Waals surface area contributed by atoms with Crippen LogP contribution >= 0.6 is 0 Å². The SMILES string of the molecule is CCOC(=O)C=Cc1ccc(C#N)c(OC)c1. The summed E-state index contributed by atoms with van der Waals surface area (Å²) in [5, 5.41) is 8.81. The van der Waals surface area contributed by atoms with E-state index in [1.807, 2.05) is 6.07 Å². The quantitative estimate of drug-likeness (QED) is 0.588. The second kappa shape index (κ2) is 6.33. The maximum Gasteiger partial charge on any atom is 0.330 e. The molecule has 0 aliphatic rings. The van der Waals surface area contributed by atoms with Crippen molar-refractivity contribution in [2.75, 3.05) is 13.7 Å². The first-order valence-electron chi connectivity index (χ1n) is 5.14. The van der Waals surface area contributed by atoms with Crippen molar-refractivity contribution in [2.45, 2.75) is 6.92 Å². The molecule has 0 spiro atoms. The highest BCUT2D eigenvalue weighted by Crippen LogP contribution is 2.19. The van der Waals surface area contributed by atoms with Gasteiger partial charge in [-0.1, -0.05) is 6.07 Å². The number of methoxy groups -OCH3 is 1. The molecule has 0 fully saturated rings. The van der Waals surface area contributed by atoms with Gasteiger partial charge in [0.1, 0.15) is 11.8 Å². The number of nitrogens with zero attached hydrogens (tertiary/aromatic N) is 1. The second-order valence-electron chi connectivity index (χ2n) is 3.16. The summed E-state index contributed by atoms with van der Waals surface area (Å²) in [7, 11) is 1.50. The fourth-order valence-corrected chi connectivity index (χ4v) is 1.26. The van der Waals surface area contributed by atoms with E-state index in [1.165, 1.54) is 13.2 Å². The summed E-state index contributed by atoms with van der Waals surface area (Å²) in [5.74, 6) is 0.0920. The predicted octanol–water partition coefficient (Wildman–Crippen LogP) is 2.14. The van der Waals surface area contributed by atoms with E-state index in [-0.39, 0.29) is 0 Å². The number of benzene rings is 1. The Balaban J connectivity index is 2.87. The first-order valence-corrected chi connectivity index (χ1v) is 5.14. The maximum atomic E-state index is 11.1. The highest BCUT2D eigenvalue weighted by molar-refractivity contribution is 5.87. The number of hydrogen-bond acceptors (Lipinski definition) is 4. The maximum absolute atomic E-state index is 11.1. The van der Waals surface area contributed by atoms with Gasteiger partial charge in [-0.2, -0.15) is 5.26 Å². The fourth-order valence-electron chi connectivity index (χ4n) is 1.26. The van der Waals surface area contributed by atoms with Gasteiger partial charge in [-0.15, -0.1) is 0 Å². The van der Waals surface area contributed by atoms with Crippen molar-refractivity contribution >= 4 is 12.0 Å². The van der Waals surface area contributed by atoms with Crippen LogP contribution in [0.15, 0.2) is 24.3 Å². The molecule has 1 aromatic rings. The van der Waals surface area contributed by atoms with Gasteiger partial charge in [0.2, 0.25) is 0 Å². The normalized spacial score (nSPS) is 9.94. The van der Waals surface area contributed by atoms with Crippen molar-refractivity contribution in [3.8, 4) is 11.8 Å². The Morgan fingerprint density at radius 3 is 2.88 bits per heavy atom. The van der Waals surface area contributed by atoms with Crippen LogP contribution in [-0.4, -0.2) is 19.7 Å². The highest BCUT2D eigenvalue weighted by atomic mass is 16.5. The molecule has 0 aliphatic carbocycles. The summed E-state index contributed by atoms with van der Waals surface area (Å²) in [4.78, 5) is 11.1. The van der Waals surface area contributed by atoms with Crippen LogP contribution in [0, 0.1) is 11.3 Å². The van der Waals surface area contributed by atoms with E-state index in [4.69, 9.17) is 14.7 Å². The fraction of sp³-hybridized carbons (Fsp3) is 0.231. The van der Waals surface area contributed by atoms with Crippen molar-refractivity contribution in [1.82, 2.24) is 0 Å². The molecule has 88 valence electrons. The Kier molecular flexibility index (Phi) is 4.77. The molecular weight excluding hydrogens is 218 g/mol. The van der Waals surface area contributed by atoms with Crippen molar-refractivity contribution in [3.63, 3.8) is 0 Å². The van der Waals surface area contributed by atoms with E-state index < -0.39 is 5.97 Å². The molecule has 17 heavy (non-hydrogen) atoms. The molecule has 0 saturated heterocycles. The van der Waals surface area contributed by atoms with E-state index in [0.29, 0.717) is 17.9 Å². The minimum absolute atomic E-state index is 0.347. The minimum atomic E-state index is -0.393. The van der Waals surface area contributed by atoms with Crippen LogP contribution in [0.1, 0.15) is 18.1 Å². The van der Waals surface area contributed by atoms with Gasteiger partial charge in [-0.25, -0.2) is 4.79 Å². The van der Waals surface area contributed by atoms with Gasteiger partial charge in [0, 0.05) is 6.08 Å². The number of carbonyl (C=O) groups is 1. The summed E-state index contributed by atoms with van der Waals surface area (Å²) < 4.78 is 9.81. The largest absolute Gasteiger partial charge is 0.495 e. The van der Waals surface area contributed by atoms with E-state index in [9.17, 15) is 4.79 Å². The zero-order chi connectivity index (χ0) is 12.7. The van der Waals surface area contributed by atoms with Gasteiger partial charge in [-0.05, 0) is 30.7 Å². The number of nitriles is 1. The second-order valence-corrected chi connectivity index (χ2v) is 3.16. The smallest absolute Gasteiger partial charge is 0.330 e. The molecule has 4 heteroatoms. The van der Waals surface area contributed by atoms with E-state index >= 15 is 0 Å². The number of esters is 1. The van der Waals surface area contributed by atoms with Gasteiger partial charge in [0.15, 0.2) is 0 Å². The molecule has 0 atom stereocenters. The molecule has 4 nitrogen and oxygen atoms in total. The predicted molar refractivity (Wildman–Crippen MR) is 63.4 cm³/mol.